The molecule has 0 amide bonds. The predicted octanol–water partition coefficient (Wildman–Crippen LogP) is 4.34. The number of hydrogen-bond acceptors (Lipinski definition) is 3. The number of hydrogen-bond donors (Lipinski definition) is 1. The van der Waals surface area contributed by atoms with Gasteiger partial charge in [0.25, 0.3) is 0 Å². The van der Waals surface area contributed by atoms with Crippen LogP contribution in [0.1, 0.15) is 29.0 Å². The molecule has 0 bridgehead atoms. The molecule has 0 saturated heterocycles. The van der Waals surface area contributed by atoms with Gasteiger partial charge in [0, 0.05) is 27.3 Å². The highest BCUT2D eigenvalue weighted by atomic mass is 79.9. The van der Waals surface area contributed by atoms with Gasteiger partial charge in [-0.05, 0) is 48.5 Å². The molecule has 2 unspecified atom stereocenters. The second-order valence-corrected chi connectivity index (χ2v) is 7.23. The maximum atomic E-state index is 6.21. The van der Waals surface area contributed by atoms with Crippen LogP contribution in [0.3, 0.4) is 0 Å². The third-order valence-corrected chi connectivity index (χ3v) is 5.17. The first kappa shape index (κ1) is 15.7. The Bertz CT molecular complexity index is 548. The molecule has 0 aliphatic carbocycles. The summed E-state index contributed by atoms with van der Waals surface area (Å²) in [5, 5.41) is 2.12. The highest BCUT2D eigenvalue weighted by molar-refractivity contribution is 9.10. The molecule has 4 heteroatoms. The Kier molecular flexibility index (Phi) is 5.38. The second kappa shape index (κ2) is 6.85. The normalized spacial score (nSPS) is 14.5. The molecular formula is C16H21BrN2S. The van der Waals surface area contributed by atoms with Crippen molar-refractivity contribution in [3.63, 3.8) is 0 Å². The maximum absolute atomic E-state index is 6.21. The van der Waals surface area contributed by atoms with Crippen LogP contribution in [0.5, 0.6) is 0 Å². The van der Waals surface area contributed by atoms with Crippen molar-refractivity contribution in [1.82, 2.24) is 4.90 Å². The molecule has 0 aliphatic heterocycles. The second-order valence-electron chi connectivity index (χ2n) is 5.37. The van der Waals surface area contributed by atoms with E-state index in [0.717, 1.165) is 11.0 Å². The number of nitrogens with zero attached hydrogens (tertiary/aromatic N) is 1. The lowest BCUT2D eigenvalue weighted by atomic mass is 10.1. The van der Waals surface area contributed by atoms with Crippen molar-refractivity contribution in [2.45, 2.75) is 32.5 Å². The molecule has 0 radical (unpaired) electrons. The molecule has 1 aromatic heterocycles. The molecule has 0 saturated carbocycles. The van der Waals surface area contributed by atoms with E-state index in [4.69, 9.17) is 5.73 Å². The van der Waals surface area contributed by atoms with E-state index in [9.17, 15) is 0 Å². The first-order valence-electron chi connectivity index (χ1n) is 6.72. The monoisotopic (exact) mass is 352 g/mol. The first-order chi connectivity index (χ1) is 9.47. The van der Waals surface area contributed by atoms with E-state index < -0.39 is 0 Å². The van der Waals surface area contributed by atoms with Gasteiger partial charge in [0.15, 0.2) is 0 Å². The number of halogens is 1. The summed E-state index contributed by atoms with van der Waals surface area (Å²) < 4.78 is 1.13. The smallest absolute Gasteiger partial charge is 0.0591 e. The van der Waals surface area contributed by atoms with Gasteiger partial charge in [-0.2, -0.15) is 0 Å². The van der Waals surface area contributed by atoms with Crippen LogP contribution in [-0.4, -0.2) is 18.0 Å². The maximum Gasteiger partial charge on any atom is 0.0591 e. The van der Waals surface area contributed by atoms with E-state index in [2.05, 4.69) is 77.4 Å². The molecule has 2 atom stereocenters. The van der Waals surface area contributed by atoms with Gasteiger partial charge in [0.2, 0.25) is 0 Å². The molecule has 2 N–H and O–H groups in total. The highest BCUT2D eigenvalue weighted by Crippen LogP contribution is 2.31. The lowest BCUT2D eigenvalue weighted by Crippen LogP contribution is -2.36. The van der Waals surface area contributed by atoms with Crippen molar-refractivity contribution >= 4 is 27.3 Å². The summed E-state index contributed by atoms with van der Waals surface area (Å²) in [6.45, 7) is 5.09. The molecule has 1 aromatic carbocycles. The number of nitrogens with two attached hydrogens (primary N) is 1. The van der Waals surface area contributed by atoms with Crippen LogP contribution in [0.2, 0.25) is 0 Å². The van der Waals surface area contributed by atoms with Gasteiger partial charge in [-0.15, -0.1) is 11.3 Å². The Balaban J connectivity index is 2.15. The van der Waals surface area contributed by atoms with Crippen LogP contribution in [-0.2, 0) is 6.54 Å². The number of thiophene rings is 1. The minimum Gasteiger partial charge on any atom is -0.326 e. The van der Waals surface area contributed by atoms with E-state index in [-0.39, 0.29) is 12.1 Å². The van der Waals surface area contributed by atoms with Crippen molar-refractivity contribution < 1.29 is 0 Å². The molecule has 0 spiro atoms. The number of aryl methyl sites for hydroxylation is 1. The fraction of sp³-hybridized carbons (Fsp3) is 0.375. The molecule has 20 heavy (non-hydrogen) atoms. The summed E-state index contributed by atoms with van der Waals surface area (Å²) in [6.07, 6.45) is 0. The lowest BCUT2D eigenvalue weighted by Gasteiger charge is -2.30. The Labute approximate surface area is 133 Å². The van der Waals surface area contributed by atoms with Gasteiger partial charge in [-0.1, -0.05) is 29.8 Å². The molecule has 2 aromatic rings. The largest absolute Gasteiger partial charge is 0.326 e. The van der Waals surface area contributed by atoms with Crippen LogP contribution < -0.4 is 5.73 Å². The fourth-order valence-corrected chi connectivity index (χ4v) is 4.17. The van der Waals surface area contributed by atoms with Gasteiger partial charge in [-0.3, -0.25) is 4.90 Å². The zero-order valence-corrected chi connectivity index (χ0v) is 14.5. The number of benzene rings is 1. The minimum absolute atomic E-state index is 0.0935. The van der Waals surface area contributed by atoms with Crippen molar-refractivity contribution in [2.24, 2.45) is 5.73 Å². The summed E-state index contributed by atoms with van der Waals surface area (Å²) in [5.74, 6) is 0. The highest BCUT2D eigenvalue weighted by Gasteiger charge is 2.22. The van der Waals surface area contributed by atoms with Gasteiger partial charge < -0.3 is 5.73 Å². The van der Waals surface area contributed by atoms with Gasteiger partial charge >= 0.3 is 0 Å². The predicted molar refractivity (Wildman–Crippen MR) is 91.1 cm³/mol. The van der Waals surface area contributed by atoms with E-state index in [0.29, 0.717) is 0 Å². The minimum atomic E-state index is 0.0935. The Morgan fingerprint density at radius 1 is 1.30 bits per heavy atom. The van der Waals surface area contributed by atoms with Crippen LogP contribution in [0.4, 0.5) is 0 Å². The van der Waals surface area contributed by atoms with Crippen LogP contribution in [0, 0.1) is 6.92 Å². The summed E-state index contributed by atoms with van der Waals surface area (Å²) in [5.41, 5.74) is 8.82. The molecule has 2 rings (SSSR count). The molecule has 0 aliphatic rings. The third-order valence-electron chi connectivity index (χ3n) is 3.40. The van der Waals surface area contributed by atoms with Gasteiger partial charge in [0.1, 0.15) is 0 Å². The fourth-order valence-electron chi connectivity index (χ4n) is 2.44. The van der Waals surface area contributed by atoms with Crippen molar-refractivity contribution in [3.05, 3.63) is 56.2 Å². The van der Waals surface area contributed by atoms with Gasteiger partial charge in [-0.25, -0.2) is 0 Å². The third kappa shape index (κ3) is 3.92. The van der Waals surface area contributed by atoms with E-state index >= 15 is 0 Å². The lowest BCUT2D eigenvalue weighted by molar-refractivity contribution is 0.214. The van der Waals surface area contributed by atoms with Crippen LogP contribution in [0.15, 0.2) is 40.2 Å². The van der Waals surface area contributed by atoms with Crippen molar-refractivity contribution in [2.75, 3.05) is 7.05 Å². The Hall–Kier alpha value is -0.680. The van der Waals surface area contributed by atoms with Crippen LogP contribution >= 0.6 is 27.3 Å². The van der Waals surface area contributed by atoms with E-state index in [1.165, 1.54) is 16.0 Å². The van der Waals surface area contributed by atoms with Crippen LogP contribution in [0.25, 0.3) is 0 Å². The zero-order chi connectivity index (χ0) is 14.7. The summed E-state index contributed by atoms with van der Waals surface area (Å²) >= 11 is 5.28. The molecule has 1 heterocycles. The topological polar surface area (TPSA) is 29.3 Å². The van der Waals surface area contributed by atoms with E-state index in [1.54, 1.807) is 11.3 Å². The summed E-state index contributed by atoms with van der Waals surface area (Å²) in [6, 6.07) is 11.2. The molecule has 0 fully saturated rings. The molecule has 108 valence electrons. The van der Waals surface area contributed by atoms with Crippen molar-refractivity contribution in [3.8, 4) is 0 Å². The quantitative estimate of drug-likeness (QED) is 0.866. The van der Waals surface area contributed by atoms with Crippen molar-refractivity contribution in [1.29, 1.82) is 0 Å². The van der Waals surface area contributed by atoms with Gasteiger partial charge in [0.05, 0.1) is 6.04 Å². The average molecular weight is 353 g/mol. The standard InChI is InChI=1S/C16H21BrN2S/c1-11-4-6-13(7-5-11)9-19(3)16(12(2)18)15-8-14(17)10-20-15/h4-8,10,12,16H,9,18H2,1-3H3. The SMILES string of the molecule is Cc1ccc(CN(C)C(c2cc(Br)cs2)C(C)N)cc1. The average Bonchev–Trinajstić information content (AvgIpc) is 2.78. The number of rotatable bonds is 5. The summed E-state index contributed by atoms with van der Waals surface area (Å²) in [7, 11) is 2.14. The van der Waals surface area contributed by atoms with E-state index in [1.807, 2.05) is 0 Å². The number of likely N-dealkylation sites (N-methyl/N-ethyl adjacent to an activating group) is 1. The summed E-state index contributed by atoms with van der Waals surface area (Å²) in [4.78, 5) is 3.63. The Morgan fingerprint density at radius 2 is 1.95 bits per heavy atom. The molecular weight excluding hydrogens is 332 g/mol. The Morgan fingerprint density at radius 3 is 2.45 bits per heavy atom. The molecule has 2 nitrogen and oxygen atoms in total. The first-order valence-corrected chi connectivity index (χ1v) is 8.40. The zero-order valence-electron chi connectivity index (χ0n) is 12.1.